The Labute approximate surface area is 250 Å². The van der Waals surface area contributed by atoms with Crippen molar-refractivity contribution in [3.8, 4) is 0 Å². The van der Waals surface area contributed by atoms with Gasteiger partial charge in [0.25, 0.3) is 0 Å². The van der Waals surface area contributed by atoms with Crippen LogP contribution in [0, 0.1) is 5.92 Å². The first-order valence-corrected chi connectivity index (χ1v) is 17.3. The second-order valence-electron chi connectivity index (χ2n) is 12.1. The Morgan fingerprint density at radius 2 is 1.73 bits per heavy atom. The number of ether oxygens (including phenoxy) is 1. The molecular weight excluding hydrogens is 532 g/mol. The molecule has 2 amide bonds. The van der Waals surface area contributed by atoms with E-state index in [1.807, 2.05) is 70.2 Å². The summed E-state index contributed by atoms with van der Waals surface area (Å²) in [4.78, 5) is 23.8. The van der Waals surface area contributed by atoms with Gasteiger partial charge in [-0.25, -0.2) is 0 Å². The number of aliphatic hydroxyl groups is 1. The maximum absolute atomic E-state index is 12.7. The summed E-state index contributed by atoms with van der Waals surface area (Å²) in [6.45, 7) is 22.6. The Morgan fingerprint density at radius 1 is 1.10 bits per heavy atom. The normalized spacial score (nSPS) is 16.9. The van der Waals surface area contributed by atoms with Gasteiger partial charge in [-0.05, 0) is 57.3 Å². The number of rotatable bonds is 19. The van der Waals surface area contributed by atoms with E-state index < -0.39 is 20.5 Å². The molecule has 4 atom stereocenters. The topological polar surface area (TPSA) is 96.9 Å². The lowest BCUT2D eigenvalue weighted by Crippen LogP contribution is -2.50. The van der Waals surface area contributed by atoms with Gasteiger partial charge in [-0.1, -0.05) is 94.0 Å². The maximum Gasteiger partial charge on any atom is 0.245 e. The predicted octanol–water partition coefficient (Wildman–Crippen LogP) is 6.17. The van der Waals surface area contributed by atoms with Gasteiger partial charge in [-0.2, -0.15) is 0 Å². The van der Waals surface area contributed by atoms with E-state index in [1.165, 1.54) is 0 Å². The van der Waals surface area contributed by atoms with E-state index in [0.29, 0.717) is 13.0 Å². The molecule has 0 rings (SSSR count). The van der Waals surface area contributed by atoms with Gasteiger partial charge in [0.1, 0.15) is 6.04 Å². The van der Waals surface area contributed by atoms with Crippen LogP contribution in [0.3, 0.4) is 0 Å². The number of carbonyl (C=O) groups is 2. The van der Waals surface area contributed by atoms with E-state index in [0.717, 1.165) is 29.6 Å². The number of allylic oxidation sites excluding steroid dienone is 7. The van der Waals surface area contributed by atoms with Crippen LogP contribution in [0.2, 0.25) is 18.1 Å². The zero-order valence-corrected chi connectivity index (χ0v) is 28.1. The molecule has 0 unspecified atom stereocenters. The number of nitrogens with one attached hydrogen (secondary N) is 2. The summed E-state index contributed by atoms with van der Waals surface area (Å²) in [5.74, 6) is -0.380. The SMILES string of the molecule is C=C/C(C)=C\CC[C@@H](/C=C/C=C/[C@H](C)[C@H](O)/C(C)=C/C=C(\C)CNC(=O)[C@H](CO[Si](C)(C)C(C)(C)C)NC=O)OC. The van der Waals surface area contributed by atoms with Crippen LogP contribution in [0.15, 0.2) is 71.9 Å². The summed E-state index contributed by atoms with van der Waals surface area (Å²) in [6.07, 6.45) is 17.3. The van der Waals surface area contributed by atoms with Crippen molar-refractivity contribution >= 4 is 20.6 Å². The van der Waals surface area contributed by atoms with Crippen molar-refractivity contribution in [3.63, 3.8) is 0 Å². The largest absolute Gasteiger partial charge is 0.414 e. The Morgan fingerprint density at radius 3 is 2.29 bits per heavy atom. The Balaban J connectivity index is 4.95. The lowest BCUT2D eigenvalue weighted by Gasteiger charge is -2.37. The first-order valence-electron chi connectivity index (χ1n) is 14.4. The van der Waals surface area contributed by atoms with Crippen LogP contribution in [0.25, 0.3) is 0 Å². The highest BCUT2D eigenvalue weighted by atomic mass is 28.4. The minimum absolute atomic E-state index is 0.00273. The molecule has 0 saturated heterocycles. The standard InChI is InChI=1S/C33H56N2O5Si/c1-12-25(2)16-15-19-29(39-9)18-14-13-17-27(4)31(37)28(5)21-20-26(3)22-34-32(38)30(35-24-36)23-40-41(10,11)33(6,7)8/h12-14,16-18,20-21,24,27,29-31,37H,1,15,19,22-23H2,2-11H3,(H,34,38)(H,35,36)/b17-13+,18-14+,25-16-,26-20+,28-21+/t27-,29+,30-,31-/m0/s1. The van der Waals surface area contributed by atoms with Crippen molar-refractivity contribution in [1.82, 2.24) is 10.6 Å². The third-order valence-electron chi connectivity index (χ3n) is 7.53. The van der Waals surface area contributed by atoms with Crippen molar-refractivity contribution < 1.29 is 23.9 Å². The summed E-state index contributed by atoms with van der Waals surface area (Å²) in [7, 11) is -0.354. The number of methoxy groups -OCH3 is 1. The number of carbonyl (C=O) groups excluding carboxylic acids is 2. The van der Waals surface area contributed by atoms with Crippen molar-refractivity contribution in [3.05, 3.63) is 71.9 Å². The highest BCUT2D eigenvalue weighted by Gasteiger charge is 2.38. The van der Waals surface area contributed by atoms with Crippen molar-refractivity contribution in [2.75, 3.05) is 20.3 Å². The van der Waals surface area contributed by atoms with Crippen LogP contribution in [-0.4, -0.2) is 64.3 Å². The minimum Gasteiger partial charge on any atom is -0.414 e. The molecule has 0 aliphatic rings. The van der Waals surface area contributed by atoms with Gasteiger partial charge in [0.2, 0.25) is 12.3 Å². The van der Waals surface area contributed by atoms with E-state index in [2.05, 4.69) is 57.2 Å². The quantitative estimate of drug-likeness (QED) is 0.0953. The van der Waals surface area contributed by atoms with Gasteiger partial charge in [0.05, 0.1) is 18.8 Å². The second-order valence-corrected chi connectivity index (χ2v) is 16.9. The van der Waals surface area contributed by atoms with Crippen LogP contribution in [-0.2, 0) is 18.8 Å². The molecule has 3 N–H and O–H groups in total. The third-order valence-corrected chi connectivity index (χ3v) is 12.0. The molecule has 232 valence electrons. The van der Waals surface area contributed by atoms with Gasteiger partial charge >= 0.3 is 0 Å². The number of hydrogen-bond acceptors (Lipinski definition) is 5. The van der Waals surface area contributed by atoms with Gasteiger partial charge in [0.15, 0.2) is 8.32 Å². The Hall–Kier alpha value is -2.52. The molecule has 0 bridgehead atoms. The molecule has 0 aliphatic carbocycles. The molecule has 0 aromatic carbocycles. The molecule has 0 aromatic heterocycles. The fourth-order valence-electron chi connectivity index (χ4n) is 3.37. The fourth-order valence-corrected chi connectivity index (χ4v) is 4.39. The van der Waals surface area contributed by atoms with E-state index in [9.17, 15) is 14.7 Å². The predicted molar refractivity (Wildman–Crippen MR) is 174 cm³/mol. The minimum atomic E-state index is -2.06. The second kappa shape index (κ2) is 19.6. The highest BCUT2D eigenvalue weighted by molar-refractivity contribution is 6.74. The van der Waals surface area contributed by atoms with E-state index in [-0.39, 0.29) is 29.6 Å². The van der Waals surface area contributed by atoms with Crippen molar-refractivity contribution in [2.45, 2.75) is 97.7 Å². The smallest absolute Gasteiger partial charge is 0.245 e. The molecule has 0 saturated carbocycles. The monoisotopic (exact) mass is 588 g/mol. The summed E-state index contributed by atoms with van der Waals surface area (Å²) in [5, 5.41) is 16.2. The third kappa shape index (κ3) is 15.9. The molecular formula is C33H56N2O5Si. The van der Waals surface area contributed by atoms with Crippen LogP contribution >= 0.6 is 0 Å². The van der Waals surface area contributed by atoms with Gasteiger partial charge in [-0.3, -0.25) is 9.59 Å². The van der Waals surface area contributed by atoms with E-state index in [1.54, 1.807) is 7.11 Å². The summed E-state index contributed by atoms with van der Waals surface area (Å²) >= 11 is 0. The lowest BCUT2D eigenvalue weighted by atomic mass is 9.97. The summed E-state index contributed by atoms with van der Waals surface area (Å²) in [6, 6.07) is -0.757. The Kier molecular flexibility index (Phi) is 18.4. The average Bonchev–Trinajstić information content (AvgIpc) is 2.92. The molecule has 0 heterocycles. The molecule has 0 aromatic rings. The molecule has 41 heavy (non-hydrogen) atoms. The van der Waals surface area contributed by atoms with E-state index >= 15 is 0 Å². The van der Waals surface area contributed by atoms with Crippen molar-refractivity contribution in [1.29, 1.82) is 0 Å². The number of amides is 2. The molecule has 8 heteroatoms. The molecule has 7 nitrogen and oxygen atoms in total. The van der Waals surface area contributed by atoms with Gasteiger partial charge in [-0.15, -0.1) is 0 Å². The number of hydrogen-bond donors (Lipinski definition) is 3. The summed E-state index contributed by atoms with van der Waals surface area (Å²) in [5.41, 5.74) is 2.89. The van der Waals surface area contributed by atoms with Crippen LogP contribution in [0.5, 0.6) is 0 Å². The zero-order chi connectivity index (χ0) is 31.6. The molecule has 0 spiro atoms. The molecule has 0 radical (unpaired) electrons. The van der Waals surface area contributed by atoms with Gasteiger partial charge < -0.3 is 24.9 Å². The van der Waals surface area contributed by atoms with E-state index in [4.69, 9.17) is 9.16 Å². The zero-order valence-electron chi connectivity index (χ0n) is 27.1. The van der Waals surface area contributed by atoms with Crippen LogP contribution < -0.4 is 10.6 Å². The first kappa shape index (κ1) is 38.5. The highest BCUT2D eigenvalue weighted by Crippen LogP contribution is 2.36. The molecule has 0 fully saturated rings. The van der Waals surface area contributed by atoms with Gasteiger partial charge in [0, 0.05) is 19.6 Å². The number of aliphatic hydroxyl groups excluding tert-OH is 1. The van der Waals surface area contributed by atoms with Crippen molar-refractivity contribution in [2.24, 2.45) is 5.92 Å². The fraction of sp³-hybridized carbons (Fsp3) is 0.576. The lowest BCUT2D eigenvalue weighted by molar-refractivity contribution is -0.126. The average molecular weight is 589 g/mol. The Bertz CT molecular complexity index is 973. The molecule has 0 aliphatic heterocycles. The van der Waals surface area contributed by atoms with Crippen LogP contribution in [0.4, 0.5) is 0 Å². The first-order chi connectivity index (χ1) is 19.1. The van der Waals surface area contributed by atoms with Crippen LogP contribution in [0.1, 0.15) is 61.3 Å². The maximum atomic E-state index is 12.7. The summed E-state index contributed by atoms with van der Waals surface area (Å²) < 4.78 is 11.6.